The van der Waals surface area contributed by atoms with E-state index in [0.29, 0.717) is 5.92 Å². The van der Waals surface area contributed by atoms with Gasteiger partial charge in [-0.25, -0.2) is 4.98 Å². The Morgan fingerprint density at radius 2 is 1.96 bits per heavy atom. The lowest BCUT2D eigenvalue weighted by Crippen LogP contribution is -2.44. The number of imidazole rings is 1. The summed E-state index contributed by atoms with van der Waals surface area (Å²) in [6.07, 6.45) is 9.23. The fourth-order valence-corrected chi connectivity index (χ4v) is 3.78. The number of hydrogen-bond acceptors (Lipinski definition) is 4. The predicted molar refractivity (Wildman–Crippen MR) is 92.8 cm³/mol. The van der Waals surface area contributed by atoms with Crippen molar-refractivity contribution in [3.8, 4) is 0 Å². The van der Waals surface area contributed by atoms with Gasteiger partial charge in [0.25, 0.3) is 0 Å². The Balaban J connectivity index is 1.50. The minimum atomic E-state index is 0.611. The van der Waals surface area contributed by atoms with Crippen LogP contribution in [0, 0.1) is 0 Å². The van der Waals surface area contributed by atoms with Crippen LogP contribution in [0.3, 0.4) is 0 Å². The predicted octanol–water partition coefficient (Wildman–Crippen LogP) is 2.19. The minimum Gasteiger partial charge on any atom is -0.379 e. The first-order valence-corrected chi connectivity index (χ1v) is 9.40. The number of unbranched alkanes of at least 4 members (excludes halogenated alkanes) is 1. The molecule has 3 heterocycles. The van der Waals surface area contributed by atoms with Crippen molar-refractivity contribution in [2.45, 2.75) is 45.1 Å². The highest BCUT2D eigenvalue weighted by Crippen LogP contribution is 2.26. The number of ether oxygens (including phenoxy) is 1. The van der Waals surface area contributed by atoms with Gasteiger partial charge in [0, 0.05) is 57.6 Å². The summed E-state index contributed by atoms with van der Waals surface area (Å²) in [6.45, 7) is 12.2. The molecule has 1 aromatic heterocycles. The molecule has 5 heteroatoms. The highest BCUT2D eigenvalue weighted by molar-refractivity contribution is 5.03. The van der Waals surface area contributed by atoms with E-state index in [2.05, 4.69) is 32.5 Å². The highest BCUT2D eigenvalue weighted by Gasteiger charge is 2.24. The third kappa shape index (κ3) is 4.78. The quantitative estimate of drug-likeness (QED) is 0.771. The van der Waals surface area contributed by atoms with E-state index in [1.807, 2.05) is 6.20 Å². The van der Waals surface area contributed by atoms with Gasteiger partial charge in [-0.05, 0) is 25.8 Å². The molecule has 0 aromatic carbocycles. The largest absolute Gasteiger partial charge is 0.379 e. The van der Waals surface area contributed by atoms with E-state index in [4.69, 9.17) is 4.74 Å². The van der Waals surface area contributed by atoms with Crippen molar-refractivity contribution in [1.82, 2.24) is 19.4 Å². The van der Waals surface area contributed by atoms with Crippen molar-refractivity contribution in [1.29, 1.82) is 0 Å². The van der Waals surface area contributed by atoms with E-state index in [1.165, 1.54) is 57.7 Å². The van der Waals surface area contributed by atoms with Crippen LogP contribution in [0.15, 0.2) is 12.4 Å². The highest BCUT2D eigenvalue weighted by atomic mass is 16.5. The molecule has 0 aliphatic carbocycles. The number of rotatable bonds is 7. The average Bonchev–Trinajstić information content (AvgIpc) is 3.08. The maximum absolute atomic E-state index is 5.44. The van der Waals surface area contributed by atoms with Gasteiger partial charge < -0.3 is 14.2 Å². The summed E-state index contributed by atoms with van der Waals surface area (Å²) in [5.74, 6) is 1.93. The van der Waals surface area contributed by atoms with Gasteiger partial charge in [0.2, 0.25) is 0 Å². The van der Waals surface area contributed by atoms with Crippen LogP contribution in [0.1, 0.15) is 44.3 Å². The zero-order chi connectivity index (χ0) is 15.9. The lowest BCUT2D eigenvalue weighted by molar-refractivity contribution is 0.0318. The van der Waals surface area contributed by atoms with E-state index in [-0.39, 0.29) is 0 Å². The minimum absolute atomic E-state index is 0.611. The van der Waals surface area contributed by atoms with E-state index in [9.17, 15) is 0 Å². The standard InChI is InChI=1S/C18H32N4O/c1-2-3-8-22-9-6-19-18(22)17-5-4-7-21(16-17)11-10-20-12-14-23-15-13-20/h6,9,17H,2-5,7-8,10-16H2,1H3/t17-/m1/s1. The van der Waals surface area contributed by atoms with Gasteiger partial charge in [-0.1, -0.05) is 13.3 Å². The van der Waals surface area contributed by atoms with E-state index in [0.717, 1.165) is 32.8 Å². The molecule has 3 rings (SSSR count). The molecule has 1 aromatic rings. The Hall–Kier alpha value is -0.910. The van der Waals surface area contributed by atoms with Gasteiger partial charge in [0.15, 0.2) is 0 Å². The van der Waals surface area contributed by atoms with Crippen LogP contribution in [0.4, 0.5) is 0 Å². The summed E-state index contributed by atoms with van der Waals surface area (Å²) in [5.41, 5.74) is 0. The molecule has 0 radical (unpaired) electrons. The molecule has 2 aliphatic heterocycles. The molecular formula is C18H32N4O. The number of aryl methyl sites for hydroxylation is 1. The number of aromatic nitrogens is 2. The van der Waals surface area contributed by atoms with Crippen LogP contribution >= 0.6 is 0 Å². The van der Waals surface area contributed by atoms with Crippen molar-refractivity contribution in [3.05, 3.63) is 18.2 Å². The fourth-order valence-electron chi connectivity index (χ4n) is 3.78. The Bertz CT molecular complexity index is 456. The van der Waals surface area contributed by atoms with E-state index < -0.39 is 0 Å². The zero-order valence-corrected chi connectivity index (χ0v) is 14.6. The van der Waals surface area contributed by atoms with Gasteiger partial charge in [-0.15, -0.1) is 0 Å². The molecule has 0 unspecified atom stereocenters. The Morgan fingerprint density at radius 3 is 2.78 bits per heavy atom. The molecule has 5 nitrogen and oxygen atoms in total. The second-order valence-electron chi connectivity index (χ2n) is 6.93. The Morgan fingerprint density at radius 1 is 1.13 bits per heavy atom. The molecule has 1 atom stereocenters. The summed E-state index contributed by atoms with van der Waals surface area (Å²) in [6, 6.07) is 0. The lowest BCUT2D eigenvalue weighted by Gasteiger charge is -2.35. The van der Waals surface area contributed by atoms with Crippen molar-refractivity contribution in [2.24, 2.45) is 0 Å². The van der Waals surface area contributed by atoms with Gasteiger partial charge in [0.1, 0.15) is 5.82 Å². The smallest absolute Gasteiger partial charge is 0.113 e. The summed E-state index contributed by atoms with van der Waals surface area (Å²) >= 11 is 0. The zero-order valence-electron chi connectivity index (χ0n) is 14.6. The molecule has 0 N–H and O–H groups in total. The lowest BCUT2D eigenvalue weighted by atomic mass is 9.97. The molecule has 0 spiro atoms. The molecule has 0 bridgehead atoms. The molecular weight excluding hydrogens is 288 g/mol. The van der Waals surface area contributed by atoms with E-state index >= 15 is 0 Å². The number of piperidine rings is 1. The summed E-state index contributed by atoms with van der Waals surface area (Å²) in [4.78, 5) is 9.86. The average molecular weight is 320 g/mol. The molecule has 2 fully saturated rings. The molecule has 0 saturated carbocycles. The number of likely N-dealkylation sites (tertiary alicyclic amines) is 1. The van der Waals surface area contributed by atoms with Crippen molar-refractivity contribution >= 4 is 0 Å². The molecule has 2 aliphatic rings. The van der Waals surface area contributed by atoms with Crippen LogP contribution in [-0.4, -0.2) is 71.8 Å². The van der Waals surface area contributed by atoms with Crippen molar-refractivity contribution in [2.75, 3.05) is 52.5 Å². The van der Waals surface area contributed by atoms with Crippen LogP contribution in [0.25, 0.3) is 0 Å². The summed E-state index contributed by atoms with van der Waals surface area (Å²) in [5, 5.41) is 0. The first-order chi connectivity index (χ1) is 11.4. The molecule has 23 heavy (non-hydrogen) atoms. The maximum Gasteiger partial charge on any atom is 0.113 e. The van der Waals surface area contributed by atoms with Crippen LogP contribution in [0.2, 0.25) is 0 Å². The fraction of sp³-hybridized carbons (Fsp3) is 0.833. The first-order valence-electron chi connectivity index (χ1n) is 9.40. The van der Waals surface area contributed by atoms with Gasteiger partial charge >= 0.3 is 0 Å². The Kier molecular flexibility index (Phi) is 6.48. The SMILES string of the molecule is CCCCn1ccnc1[C@@H]1CCCN(CCN2CCOCC2)C1. The van der Waals surface area contributed by atoms with Crippen LogP contribution in [-0.2, 0) is 11.3 Å². The second-order valence-corrected chi connectivity index (χ2v) is 6.93. The monoisotopic (exact) mass is 320 g/mol. The third-order valence-corrected chi connectivity index (χ3v) is 5.21. The molecule has 2 saturated heterocycles. The van der Waals surface area contributed by atoms with E-state index in [1.54, 1.807) is 0 Å². The first kappa shape index (κ1) is 16.9. The molecule has 130 valence electrons. The topological polar surface area (TPSA) is 33.5 Å². The number of hydrogen-bond donors (Lipinski definition) is 0. The van der Waals surface area contributed by atoms with Gasteiger partial charge in [-0.2, -0.15) is 0 Å². The van der Waals surface area contributed by atoms with Crippen LogP contribution < -0.4 is 0 Å². The normalized spacial score (nSPS) is 24.1. The Labute approximate surface area is 140 Å². The number of nitrogens with zero attached hydrogens (tertiary/aromatic N) is 4. The van der Waals surface area contributed by atoms with Gasteiger partial charge in [0.05, 0.1) is 13.2 Å². The third-order valence-electron chi connectivity index (χ3n) is 5.21. The maximum atomic E-state index is 5.44. The van der Waals surface area contributed by atoms with Gasteiger partial charge in [-0.3, -0.25) is 4.90 Å². The summed E-state index contributed by atoms with van der Waals surface area (Å²) in [7, 11) is 0. The van der Waals surface area contributed by atoms with Crippen LogP contribution in [0.5, 0.6) is 0 Å². The molecule has 0 amide bonds. The second kappa shape index (κ2) is 8.81. The van der Waals surface area contributed by atoms with Crippen molar-refractivity contribution < 1.29 is 4.74 Å². The summed E-state index contributed by atoms with van der Waals surface area (Å²) < 4.78 is 7.83. The number of morpholine rings is 1. The van der Waals surface area contributed by atoms with Crippen molar-refractivity contribution in [3.63, 3.8) is 0 Å².